The molecule has 1 aliphatic rings. The van der Waals surface area contributed by atoms with Gasteiger partial charge in [0.2, 0.25) is 0 Å². The molecule has 0 saturated carbocycles. The number of hydrogen-bond acceptors (Lipinski definition) is 4. The molecular formula is C60H38N2S2. The molecule has 0 aliphatic heterocycles. The van der Waals surface area contributed by atoms with Gasteiger partial charge in [-0.2, -0.15) is 0 Å². The van der Waals surface area contributed by atoms with Crippen molar-refractivity contribution in [2.75, 3.05) is 0 Å². The second-order valence-electron chi connectivity index (χ2n) is 17.0. The highest BCUT2D eigenvalue weighted by Gasteiger charge is 2.40. The molecule has 0 N–H and O–H groups in total. The van der Waals surface area contributed by atoms with Crippen molar-refractivity contribution in [1.82, 2.24) is 9.97 Å². The van der Waals surface area contributed by atoms with E-state index in [1.54, 1.807) is 0 Å². The van der Waals surface area contributed by atoms with Crippen molar-refractivity contribution in [2.45, 2.75) is 12.3 Å². The zero-order valence-electron chi connectivity index (χ0n) is 34.9. The van der Waals surface area contributed by atoms with Crippen molar-refractivity contribution >= 4 is 63.0 Å². The Balaban J connectivity index is 1.07. The Morgan fingerprint density at radius 2 is 0.844 bits per heavy atom. The molecule has 1 aliphatic carbocycles. The first-order valence-electron chi connectivity index (χ1n) is 21.8. The summed E-state index contributed by atoms with van der Waals surface area (Å²) in [6.07, 6.45) is 0. The van der Waals surface area contributed by atoms with Crippen LogP contribution in [-0.2, 0) is 5.41 Å². The van der Waals surface area contributed by atoms with Crippen LogP contribution in [0.1, 0.15) is 23.6 Å². The van der Waals surface area contributed by atoms with Crippen LogP contribution >= 0.6 is 22.7 Å². The molecule has 13 rings (SSSR count). The van der Waals surface area contributed by atoms with Crippen LogP contribution in [0.4, 0.5) is 0 Å². The van der Waals surface area contributed by atoms with E-state index in [9.17, 15) is 0 Å². The molecule has 0 bridgehead atoms. The van der Waals surface area contributed by atoms with Gasteiger partial charge in [0.1, 0.15) is 0 Å². The molecule has 0 radical (unpaired) electrons. The first kappa shape index (κ1) is 37.1. The first-order chi connectivity index (χ1) is 31.6. The number of thiophene rings is 2. The molecule has 3 aromatic heterocycles. The van der Waals surface area contributed by atoms with Crippen LogP contribution in [-0.4, -0.2) is 9.97 Å². The molecular weight excluding hydrogens is 813 g/mol. The fourth-order valence-corrected chi connectivity index (χ4v) is 12.6. The highest BCUT2D eigenvalue weighted by Crippen LogP contribution is 2.53. The summed E-state index contributed by atoms with van der Waals surface area (Å²) in [6, 6.07) is 77.6. The Morgan fingerprint density at radius 1 is 0.344 bits per heavy atom. The van der Waals surface area contributed by atoms with Crippen LogP contribution in [0.2, 0.25) is 0 Å². The van der Waals surface area contributed by atoms with Crippen LogP contribution in [0.3, 0.4) is 0 Å². The minimum Gasteiger partial charge on any atom is -0.228 e. The molecule has 1 unspecified atom stereocenters. The van der Waals surface area contributed by atoms with E-state index in [-0.39, 0.29) is 5.41 Å². The largest absolute Gasteiger partial charge is 0.228 e. The number of nitrogens with zero attached hydrogens (tertiary/aromatic N) is 2. The van der Waals surface area contributed by atoms with Gasteiger partial charge in [-0.05, 0) is 112 Å². The molecule has 0 amide bonds. The monoisotopic (exact) mass is 850 g/mol. The van der Waals surface area contributed by atoms with E-state index in [0.29, 0.717) is 5.82 Å². The summed E-state index contributed by atoms with van der Waals surface area (Å²) >= 11 is 3.72. The molecule has 300 valence electrons. The van der Waals surface area contributed by atoms with Gasteiger partial charge in [0.15, 0.2) is 5.82 Å². The molecule has 0 fully saturated rings. The van der Waals surface area contributed by atoms with Gasteiger partial charge < -0.3 is 0 Å². The number of hydrogen-bond donors (Lipinski definition) is 0. The summed E-state index contributed by atoms with van der Waals surface area (Å²) in [6.45, 7) is 2.37. The molecule has 12 aromatic rings. The van der Waals surface area contributed by atoms with Crippen LogP contribution < -0.4 is 0 Å². The van der Waals surface area contributed by atoms with Crippen LogP contribution in [0.5, 0.6) is 0 Å². The molecule has 0 saturated heterocycles. The third-order valence-electron chi connectivity index (χ3n) is 13.4. The van der Waals surface area contributed by atoms with E-state index in [1.807, 2.05) is 22.7 Å². The second kappa shape index (κ2) is 14.5. The number of benzene rings is 9. The zero-order chi connectivity index (χ0) is 42.4. The SMILES string of the molecule is CC1(c2ccccc2)c2ccccc2-c2ccc(-c3cc(-c4cc(-c5cccc6sc7ccccc7c56)cc(-c5cccc6sc7ccccc7c56)c4)nc(-c4ccccc4)n3)cc21. The molecule has 9 aromatic carbocycles. The van der Waals surface area contributed by atoms with E-state index in [0.717, 1.165) is 39.2 Å². The van der Waals surface area contributed by atoms with Crippen molar-refractivity contribution < 1.29 is 0 Å². The summed E-state index contributed by atoms with van der Waals surface area (Å²) in [7, 11) is 0. The quantitative estimate of drug-likeness (QED) is 0.167. The Hall–Kier alpha value is -7.50. The van der Waals surface area contributed by atoms with E-state index >= 15 is 0 Å². The van der Waals surface area contributed by atoms with Gasteiger partial charge >= 0.3 is 0 Å². The van der Waals surface area contributed by atoms with E-state index in [2.05, 4.69) is 219 Å². The minimum atomic E-state index is -0.329. The third-order valence-corrected chi connectivity index (χ3v) is 15.6. The molecule has 4 heteroatoms. The van der Waals surface area contributed by atoms with Crippen molar-refractivity contribution in [3.63, 3.8) is 0 Å². The van der Waals surface area contributed by atoms with E-state index in [1.165, 1.54) is 79.3 Å². The highest BCUT2D eigenvalue weighted by molar-refractivity contribution is 7.26. The maximum Gasteiger partial charge on any atom is 0.160 e. The topological polar surface area (TPSA) is 25.8 Å². The van der Waals surface area contributed by atoms with Crippen molar-refractivity contribution in [2.24, 2.45) is 0 Å². The van der Waals surface area contributed by atoms with Gasteiger partial charge in [-0.25, -0.2) is 9.97 Å². The van der Waals surface area contributed by atoms with Crippen molar-refractivity contribution in [3.8, 4) is 67.3 Å². The van der Waals surface area contributed by atoms with Crippen LogP contribution in [0, 0.1) is 0 Å². The standard InChI is InChI=1S/C60H38N2S2/c1-60(42-18-6-3-7-19-42)49-25-11-8-20-45(49)46-31-30-38(35-50(46)60)51-36-52(62-59(61-51)37-16-4-2-5-17-37)41-33-39(43-23-14-28-55-57(43)47-21-9-12-26-53(47)63-55)32-40(34-41)44-24-15-29-56-58(44)48-22-10-13-27-54(48)64-56/h2-36H,1H3. The van der Waals surface area contributed by atoms with Gasteiger partial charge in [0.25, 0.3) is 0 Å². The number of fused-ring (bicyclic) bond motifs is 9. The van der Waals surface area contributed by atoms with Crippen LogP contribution in [0.15, 0.2) is 212 Å². The van der Waals surface area contributed by atoms with Crippen molar-refractivity contribution in [3.05, 3.63) is 229 Å². The molecule has 3 heterocycles. The average molecular weight is 851 g/mol. The first-order valence-corrected chi connectivity index (χ1v) is 23.4. The lowest BCUT2D eigenvalue weighted by molar-refractivity contribution is 0.714. The molecule has 2 nitrogen and oxygen atoms in total. The smallest absolute Gasteiger partial charge is 0.160 e. The average Bonchev–Trinajstić information content (AvgIpc) is 4.02. The fraction of sp³-hybridized carbons (Fsp3) is 0.0333. The van der Waals surface area contributed by atoms with Crippen LogP contribution in [0.25, 0.3) is 108 Å². The van der Waals surface area contributed by atoms with E-state index in [4.69, 9.17) is 9.97 Å². The van der Waals surface area contributed by atoms with Gasteiger partial charge in [-0.15, -0.1) is 22.7 Å². The molecule has 0 spiro atoms. The molecule has 1 atom stereocenters. The lowest BCUT2D eigenvalue weighted by Gasteiger charge is -2.28. The summed E-state index contributed by atoms with van der Waals surface area (Å²) in [5.41, 5.74) is 15.7. The maximum atomic E-state index is 5.45. The third kappa shape index (κ3) is 5.76. The van der Waals surface area contributed by atoms with Gasteiger partial charge in [-0.1, -0.05) is 158 Å². The Bertz CT molecular complexity index is 3670. The Kier molecular flexibility index (Phi) is 8.42. The Morgan fingerprint density at radius 3 is 1.50 bits per heavy atom. The Labute approximate surface area is 379 Å². The maximum absolute atomic E-state index is 5.45. The minimum absolute atomic E-state index is 0.329. The van der Waals surface area contributed by atoms with Gasteiger partial charge in [0.05, 0.1) is 11.4 Å². The zero-order valence-corrected chi connectivity index (χ0v) is 36.6. The predicted molar refractivity (Wildman–Crippen MR) is 272 cm³/mol. The number of rotatable bonds is 6. The molecule has 64 heavy (non-hydrogen) atoms. The number of aromatic nitrogens is 2. The predicted octanol–water partition coefficient (Wildman–Crippen LogP) is 16.9. The highest BCUT2D eigenvalue weighted by atomic mass is 32.1. The summed E-state index contributed by atoms with van der Waals surface area (Å²) in [5, 5.41) is 5.15. The summed E-state index contributed by atoms with van der Waals surface area (Å²) in [5.74, 6) is 0.700. The van der Waals surface area contributed by atoms with Crippen molar-refractivity contribution in [1.29, 1.82) is 0 Å². The summed E-state index contributed by atoms with van der Waals surface area (Å²) < 4.78 is 5.16. The lowest BCUT2D eigenvalue weighted by atomic mass is 9.74. The lowest BCUT2D eigenvalue weighted by Crippen LogP contribution is -2.22. The summed E-state index contributed by atoms with van der Waals surface area (Å²) in [4.78, 5) is 10.8. The van der Waals surface area contributed by atoms with Gasteiger partial charge in [0, 0.05) is 62.4 Å². The fourth-order valence-electron chi connectivity index (χ4n) is 10.3. The second-order valence-corrected chi connectivity index (χ2v) is 19.1. The van der Waals surface area contributed by atoms with Gasteiger partial charge in [-0.3, -0.25) is 0 Å². The van der Waals surface area contributed by atoms with E-state index < -0.39 is 0 Å². The normalized spacial score (nSPS) is 14.4.